The average molecular weight is 431 g/mol. The fourth-order valence-corrected chi connectivity index (χ4v) is 3.84. The number of benzene rings is 2. The molecule has 0 fully saturated rings. The van der Waals surface area contributed by atoms with Crippen LogP contribution in [0.4, 0.5) is 0 Å². The lowest BCUT2D eigenvalue weighted by Crippen LogP contribution is -2.42. The zero-order chi connectivity index (χ0) is 21.0. The van der Waals surface area contributed by atoms with E-state index in [4.69, 9.17) is 11.6 Å². The fourth-order valence-electron chi connectivity index (χ4n) is 2.69. The summed E-state index contributed by atoms with van der Waals surface area (Å²) < 4.78 is 1.56. The number of fused-ring (bicyclic) bond motifs is 1. The highest BCUT2D eigenvalue weighted by Gasteiger charge is 2.16. The summed E-state index contributed by atoms with van der Waals surface area (Å²) in [5.74, 6) is -0.981. The van der Waals surface area contributed by atoms with E-state index < -0.39 is 11.8 Å². The van der Waals surface area contributed by atoms with Crippen LogP contribution in [0.25, 0.3) is 10.9 Å². The fraction of sp³-hybridized carbons (Fsp3) is 0.200. The maximum Gasteiger partial charge on any atom is 0.271 e. The van der Waals surface area contributed by atoms with Crippen molar-refractivity contribution in [1.82, 2.24) is 20.4 Å². The third-order valence-electron chi connectivity index (χ3n) is 4.06. The molecule has 2 N–H and O–H groups in total. The van der Waals surface area contributed by atoms with Crippen molar-refractivity contribution in [2.75, 3.05) is 5.75 Å². The van der Waals surface area contributed by atoms with Gasteiger partial charge in [0.05, 0.1) is 27.2 Å². The molecule has 2 amide bonds. The molecule has 0 unspecified atom stereocenters. The summed E-state index contributed by atoms with van der Waals surface area (Å²) in [5, 5.41) is 1.26. The largest absolute Gasteiger partial charge is 0.285 e. The third kappa shape index (κ3) is 4.78. The Morgan fingerprint density at radius 2 is 1.79 bits per heavy atom. The number of nitrogens with zero attached hydrogens (tertiary/aromatic N) is 2. The molecule has 0 aliphatic rings. The first-order chi connectivity index (χ1) is 13.9. The molecule has 1 heterocycles. The molecule has 0 aliphatic heterocycles. The van der Waals surface area contributed by atoms with Gasteiger partial charge < -0.3 is 0 Å². The molecule has 7 nitrogen and oxygen atoms in total. The van der Waals surface area contributed by atoms with E-state index in [1.54, 1.807) is 53.1 Å². The van der Waals surface area contributed by atoms with Crippen molar-refractivity contribution in [2.24, 2.45) is 0 Å². The maximum absolute atomic E-state index is 12.8. The van der Waals surface area contributed by atoms with Crippen molar-refractivity contribution >= 4 is 46.1 Å². The van der Waals surface area contributed by atoms with Gasteiger partial charge in [-0.2, -0.15) is 0 Å². The Bertz CT molecular complexity index is 1130. The summed E-state index contributed by atoms with van der Waals surface area (Å²) in [7, 11) is 0. The highest BCUT2D eigenvalue weighted by molar-refractivity contribution is 7.99. The number of para-hydroxylation sites is 1. The standard InChI is InChI=1S/C20H19ClN4O3S/c1-12(2)25-19(28)14-8-4-6-10-16(14)22-20(25)29-11-17(26)23-24-18(27)13-7-3-5-9-15(13)21/h3-10,12H,11H2,1-2H3,(H,23,26)(H,24,27). The van der Waals surface area contributed by atoms with Gasteiger partial charge in [0.2, 0.25) is 5.91 Å². The second-order valence-electron chi connectivity index (χ2n) is 6.45. The number of carbonyl (C=O) groups is 2. The summed E-state index contributed by atoms with van der Waals surface area (Å²) in [5.41, 5.74) is 5.35. The van der Waals surface area contributed by atoms with Crippen LogP contribution >= 0.6 is 23.4 Å². The minimum absolute atomic E-state index is 0.0275. The highest BCUT2D eigenvalue weighted by Crippen LogP contribution is 2.20. The number of hydrogen-bond donors (Lipinski definition) is 2. The smallest absolute Gasteiger partial charge is 0.271 e. The lowest BCUT2D eigenvalue weighted by atomic mass is 10.2. The van der Waals surface area contributed by atoms with Gasteiger partial charge in [-0.25, -0.2) is 4.98 Å². The number of halogens is 1. The molecule has 150 valence electrons. The minimum atomic E-state index is -0.517. The van der Waals surface area contributed by atoms with E-state index in [0.717, 1.165) is 11.8 Å². The Balaban J connectivity index is 1.69. The third-order valence-corrected chi connectivity index (χ3v) is 5.34. The maximum atomic E-state index is 12.8. The number of hydrogen-bond acceptors (Lipinski definition) is 5. The quantitative estimate of drug-likeness (QED) is 0.368. The monoisotopic (exact) mass is 430 g/mol. The Morgan fingerprint density at radius 3 is 2.52 bits per heavy atom. The molecular formula is C20H19ClN4O3S. The van der Waals surface area contributed by atoms with Crippen molar-refractivity contribution in [3.05, 3.63) is 69.5 Å². The molecule has 0 saturated heterocycles. The average Bonchev–Trinajstić information content (AvgIpc) is 2.70. The Morgan fingerprint density at radius 1 is 1.10 bits per heavy atom. The molecule has 0 aliphatic carbocycles. The Kier molecular flexibility index (Phi) is 6.56. The molecule has 0 spiro atoms. The van der Waals surface area contributed by atoms with Gasteiger partial charge in [-0.15, -0.1) is 0 Å². The highest BCUT2D eigenvalue weighted by atomic mass is 35.5. The molecule has 2 aromatic carbocycles. The van der Waals surface area contributed by atoms with Gasteiger partial charge in [0.25, 0.3) is 11.5 Å². The molecular weight excluding hydrogens is 412 g/mol. The second-order valence-corrected chi connectivity index (χ2v) is 7.80. The van der Waals surface area contributed by atoms with E-state index in [1.807, 2.05) is 13.8 Å². The first kappa shape index (κ1) is 20.9. The predicted octanol–water partition coefficient (Wildman–Crippen LogP) is 3.18. The topological polar surface area (TPSA) is 93.1 Å². The molecule has 0 bridgehead atoms. The normalized spacial score (nSPS) is 10.9. The van der Waals surface area contributed by atoms with Crippen LogP contribution in [0.1, 0.15) is 30.2 Å². The van der Waals surface area contributed by atoms with Gasteiger partial charge in [0, 0.05) is 6.04 Å². The Hall–Kier alpha value is -2.84. The number of rotatable bonds is 5. The van der Waals surface area contributed by atoms with Crippen LogP contribution < -0.4 is 16.4 Å². The van der Waals surface area contributed by atoms with Crippen molar-refractivity contribution in [3.8, 4) is 0 Å². The van der Waals surface area contributed by atoms with Crippen molar-refractivity contribution in [3.63, 3.8) is 0 Å². The summed E-state index contributed by atoms with van der Waals surface area (Å²) in [6.07, 6.45) is 0. The first-order valence-electron chi connectivity index (χ1n) is 8.86. The summed E-state index contributed by atoms with van der Waals surface area (Å²) >= 11 is 7.09. The van der Waals surface area contributed by atoms with Gasteiger partial charge in [-0.1, -0.05) is 47.6 Å². The van der Waals surface area contributed by atoms with Crippen LogP contribution in [0.5, 0.6) is 0 Å². The van der Waals surface area contributed by atoms with Gasteiger partial charge in [-0.05, 0) is 38.1 Å². The van der Waals surface area contributed by atoms with E-state index in [9.17, 15) is 14.4 Å². The van der Waals surface area contributed by atoms with Crippen molar-refractivity contribution in [2.45, 2.75) is 25.0 Å². The van der Waals surface area contributed by atoms with Crippen LogP contribution in [-0.2, 0) is 4.79 Å². The van der Waals surface area contributed by atoms with E-state index in [0.29, 0.717) is 16.1 Å². The van der Waals surface area contributed by atoms with Crippen molar-refractivity contribution < 1.29 is 9.59 Å². The number of aromatic nitrogens is 2. The van der Waals surface area contributed by atoms with E-state index >= 15 is 0 Å². The summed E-state index contributed by atoms with van der Waals surface area (Å²) in [6.45, 7) is 3.76. The zero-order valence-corrected chi connectivity index (χ0v) is 17.4. The van der Waals surface area contributed by atoms with Crippen LogP contribution in [0, 0.1) is 0 Å². The van der Waals surface area contributed by atoms with Crippen LogP contribution in [0.3, 0.4) is 0 Å². The van der Waals surface area contributed by atoms with Crippen LogP contribution in [-0.4, -0.2) is 27.1 Å². The molecule has 1 aromatic heterocycles. The van der Waals surface area contributed by atoms with Gasteiger partial charge in [-0.3, -0.25) is 29.8 Å². The molecule has 0 saturated carbocycles. The van der Waals surface area contributed by atoms with Crippen LogP contribution in [0.15, 0.2) is 58.5 Å². The van der Waals surface area contributed by atoms with Crippen molar-refractivity contribution in [1.29, 1.82) is 0 Å². The molecule has 29 heavy (non-hydrogen) atoms. The lowest BCUT2D eigenvalue weighted by Gasteiger charge is -2.16. The van der Waals surface area contributed by atoms with E-state index in [1.165, 1.54) is 0 Å². The van der Waals surface area contributed by atoms with Gasteiger partial charge >= 0.3 is 0 Å². The molecule has 3 rings (SSSR count). The minimum Gasteiger partial charge on any atom is -0.285 e. The number of carbonyl (C=O) groups excluding carboxylic acids is 2. The summed E-state index contributed by atoms with van der Waals surface area (Å²) in [6, 6.07) is 13.5. The number of amides is 2. The number of thioether (sulfide) groups is 1. The van der Waals surface area contributed by atoms with E-state index in [-0.39, 0.29) is 27.9 Å². The summed E-state index contributed by atoms with van der Waals surface area (Å²) in [4.78, 5) is 41.6. The predicted molar refractivity (Wildman–Crippen MR) is 114 cm³/mol. The lowest BCUT2D eigenvalue weighted by molar-refractivity contribution is -0.119. The molecule has 0 radical (unpaired) electrons. The SMILES string of the molecule is CC(C)n1c(SCC(=O)NNC(=O)c2ccccc2Cl)nc2ccccc2c1=O. The first-order valence-corrected chi connectivity index (χ1v) is 10.2. The molecule has 0 atom stereocenters. The number of hydrazine groups is 1. The van der Waals surface area contributed by atoms with Gasteiger partial charge in [0.1, 0.15) is 0 Å². The zero-order valence-electron chi connectivity index (χ0n) is 15.8. The van der Waals surface area contributed by atoms with Crippen LogP contribution in [0.2, 0.25) is 5.02 Å². The number of nitrogens with one attached hydrogen (secondary N) is 2. The molecule has 9 heteroatoms. The second kappa shape index (κ2) is 9.11. The molecule has 3 aromatic rings. The van der Waals surface area contributed by atoms with E-state index in [2.05, 4.69) is 15.8 Å². The van der Waals surface area contributed by atoms with Gasteiger partial charge in [0.15, 0.2) is 5.16 Å². The Labute approximate surface area is 176 Å².